The first-order valence-corrected chi connectivity index (χ1v) is 8.00. The zero-order chi connectivity index (χ0) is 14.5. The SMILES string of the molecule is COc1ccc(Br)cc1CC(N)Cc1ccccc1Br. The van der Waals surface area contributed by atoms with Crippen LogP contribution in [0, 0.1) is 0 Å². The monoisotopic (exact) mass is 397 g/mol. The fraction of sp³-hybridized carbons (Fsp3) is 0.250. The van der Waals surface area contributed by atoms with Gasteiger partial charge in [-0.1, -0.05) is 50.1 Å². The quantitative estimate of drug-likeness (QED) is 0.813. The molecule has 1 atom stereocenters. The van der Waals surface area contributed by atoms with Crippen LogP contribution in [0.25, 0.3) is 0 Å². The largest absolute Gasteiger partial charge is 0.496 e. The molecule has 2 aromatic carbocycles. The van der Waals surface area contributed by atoms with Crippen molar-refractivity contribution in [3.63, 3.8) is 0 Å². The Kier molecular flexibility index (Phi) is 5.64. The van der Waals surface area contributed by atoms with Crippen LogP contribution in [0.3, 0.4) is 0 Å². The lowest BCUT2D eigenvalue weighted by Crippen LogP contribution is -2.26. The molecule has 0 heterocycles. The Labute approximate surface area is 136 Å². The number of methoxy groups -OCH3 is 1. The predicted octanol–water partition coefficient (Wildman–Crippen LogP) is 4.33. The summed E-state index contributed by atoms with van der Waals surface area (Å²) in [6.07, 6.45) is 1.61. The molecule has 0 aliphatic carbocycles. The van der Waals surface area contributed by atoms with Crippen LogP contribution in [-0.2, 0) is 12.8 Å². The van der Waals surface area contributed by atoms with E-state index in [4.69, 9.17) is 10.5 Å². The maximum atomic E-state index is 6.29. The number of halogens is 2. The van der Waals surface area contributed by atoms with Gasteiger partial charge in [0.2, 0.25) is 0 Å². The van der Waals surface area contributed by atoms with E-state index in [-0.39, 0.29) is 6.04 Å². The lowest BCUT2D eigenvalue weighted by Gasteiger charge is -2.15. The second kappa shape index (κ2) is 7.25. The molecule has 0 radical (unpaired) electrons. The van der Waals surface area contributed by atoms with Crippen LogP contribution < -0.4 is 10.5 Å². The molecule has 0 amide bonds. The summed E-state index contributed by atoms with van der Waals surface area (Å²) in [5.41, 5.74) is 8.65. The van der Waals surface area contributed by atoms with Crippen molar-refractivity contribution < 1.29 is 4.74 Å². The summed E-state index contributed by atoms with van der Waals surface area (Å²) in [5.74, 6) is 0.885. The van der Waals surface area contributed by atoms with Crippen molar-refractivity contribution in [2.75, 3.05) is 7.11 Å². The van der Waals surface area contributed by atoms with E-state index >= 15 is 0 Å². The Morgan fingerprint density at radius 3 is 2.45 bits per heavy atom. The van der Waals surface area contributed by atoms with Crippen molar-refractivity contribution in [2.45, 2.75) is 18.9 Å². The number of benzene rings is 2. The van der Waals surface area contributed by atoms with E-state index in [9.17, 15) is 0 Å². The van der Waals surface area contributed by atoms with Gasteiger partial charge in [-0.05, 0) is 48.2 Å². The summed E-state index contributed by atoms with van der Waals surface area (Å²) in [5, 5.41) is 0. The smallest absolute Gasteiger partial charge is 0.122 e. The number of hydrogen-bond donors (Lipinski definition) is 1. The van der Waals surface area contributed by atoms with Crippen LogP contribution in [-0.4, -0.2) is 13.2 Å². The molecule has 0 aliphatic rings. The van der Waals surface area contributed by atoms with Crippen LogP contribution in [0.15, 0.2) is 51.4 Å². The summed E-state index contributed by atoms with van der Waals surface area (Å²) in [7, 11) is 1.69. The molecule has 0 aliphatic heterocycles. The standard InChI is InChI=1S/C16H17Br2NO/c1-20-16-7-6-13(17)8-12(16)10-14(19)9-11-4-2-3-5-15(11)18/h2-8,14H,9-10,19H2,1H3. The third-order valence-corrected chi connectivity index (χ3v) is 4.43. The molecule has 0 bridgehead atoms. The minimum absolute atomic E-state index is 0.0527. The van der Waals surface area contributed by atoms with Gasteiger partial charge in [0, 0.05) is 15.0 Å². The summed E-state index contributed by atoms with van der Waals surface area (Å²) in [6, 6.07) is 14.2. The maximum absolute atomic E-state index is 6.29. The van der Waals surface area contributed by atoms with Crippen molar-refractivity contribution in [2.24, 2.45) is 5.73 Å². The molecule has 2 aromatic rings. The summed E-state index contributed by atoms with van der Waals surface area (Å²) in [6.45, 7) is 0. The predicted molar refractivity (Wildman–Crippen MR) is 90.2 cm³/mol. The molecule has 2 nitrogen and oxygen atoms in total. The normalized spacial score (nSPS) is 12.2. The molecule has 0 aromatic heterocycles. The van der Waals surface area contributed by atoms with Gasteiger partial charge in [0.25, 0.3) is 0 Å². The highest BCUT2D eigenvalue weighted by Gasteiger charge is 2.11. The molecule has 0 fully saturated rings. The minimum atomic E-state index is 0.0527. The molecule has 106 valence electrons. The van der Waals surface area contributed by atoms with Gasteiger partial charge in [0.05, 0.1) is 7.11 Å². The van der Waals surface area contributed by atoms with Gasteiger partial charge in [0.15, 0.2) is 0 Å². The Morgan fingerprint density at radius 2 is 1.75 bits per heavy atom. The van der Waals surface area contributed by atoms with Crippen molar-refractivity contribution in [1.82, 2.24) is 0 Å². The zero-order valence-electron chi connectivity index (χ0n) is 11.3. The second-order valence-corrected chi connectivity index (χ2v) is 6.49. The fourth-order valence-electron chi connectivity index (χ4n) is 2.21. The molecule has 2 rings (SSSR count). The number of rotatable bonds is 5. The third kappa shape index (κ3) is 4.08. The minimum Gasteiger partial charge on any atom is -0.496 e. The first-order chi connectivity index (χ1) is 9.60. The maximum Gasteiger partial charge on any atom is 0.122 e. The highest BCUT2D eigenvalue weighted by atomic mass is 79.9. The summed E-state index contributed by atoms with van der Waals surface area (Å²) >= 11 is 7.05. The number of ether oxygens (including phenoxy) is 1. The van der Waals surface area contributed by atoms with Crippen LogP contribution in [0.5, 0.6) is 5.75 Å². The molecule has 1 unspecified atom stereocenters. The number of hydrogen-bond acceptors (Lipinski definition) is 2. The van der Waals surface area contributed by atoms with Gasteiger partial charge >= 0.3 is 0 Å². The van der Waals surface area contributed by atoms with E-state index in [0.717, 1.165) is 33.1 Å². The Hall–Kier alpha value is -0.840. The average molecular weight is 399 g/mol. The molecular weight excluding hydrogens is 382 g/mol. The fourth-order valence-corrected chi connectivity index (χ4v) is 3.06. The highest BCUT2D eigenvalue weighted by molar-refractivity contribution is 9.10. The van der Waals surface area contributed by atoms with E-state index < -0.39 is 0 Å². The van der Waals surface area contributed by atoms with Gasteiger partial charge in [-0.15, -0.1) is 0 Å². The van der Waals surface area contributed by atoms with E-state index in [1.807, 2.05) is 30.3 Å². The van der Waals surface area contributed by atoms with Crippen molar-refractivity contribution >= 4 is 31.9 Å². The van der Waals surface area contributed by atoms with Crippen LogP contribution in [0.2, 0.25) is 0 Å². The van der Waals surface area contributed by atoms with E-state index in [0.29, 0.717) is 0 Å². The highest BCUT2D eigenvalue weighted by Crippen LogP contribution is 2.25. The Morgan fingerprint density at radius 1 is 1.05 bits per heavy atom. The molecule has 0 saturated heterocycles. The van der Waals surface area contributed by atoms with Gasteiger partial charge in [0.1, 0.15) is 5.75 Å². The van der Waals surface area contributed by atoms with E-state index in [2.05, 4.69) is 44.0 Å². The Balaban J connectivity index is 2.10. The number of nitrogens with two attached hydrogens (primary N) is 1. The van der Waals surface area contributed by atoms with Crippen molar-refractivity contribution in [1.29, 1.82) is 0 Å². The van der Waals surface area contributed by atoms with Gasteiger partial charge < -0.3 is 10.5 Å². The van der Waals surface area contributed by atoms with Crippen molar-refractivity contribution in [3.05, 3.63) is 62.5 Å². The summed E-state index contributed by atoms with van der Waals surface area (Å²) in [4.78, 5) is 0. The Bertz CT molecular complexity index is 586. The second-order valence-electron chi connectivity index (χ2n) is 4.72. The molecular formula is C16H17Br2NO. The summed E-state index contributed by atoms with van der Waals surface area (Å²) < 4.78 is 7.54. The molecule has 20 heavy (non-hydrogen) atoms. The lowest BCUT2D eigenvalue weighted by atomic mass is 9.99. The third-order valence-electron chi connectivity index (χ3n) is 3.16. The van der Waals surface area contributed by atoms with E-state index in [1.165, 1.54) is 5.56 Å². The molecule has 4 heteroatoms. The van der Waals surface area contributed by atoms with Crippen LogP contribution >= 0.6 is 31.9 Å². The van der Waals surface area contributed by atoms with Gasteiger partial charge in [-0.25, -0.2) is 0 Å². The van der Waals surface area contributed by atoms with Crippen molar-refractivity contribution in [3.8, 4) is 5.75 Å². The molecule has 0 spiro atoms. The van der Waals surface area contributed by atoms with Crippen LogP contribution in [0.1, 0.15) is 11.1 Å². The topological polar surface area (TPSA) is 35.2 Å². The average Bonchev–Trinajstić information content (AvgIpc) is 2.41. The van der Waals surface area contributed by atoms with Gasteiger partial charge in [-0.3, -0.25) is 0 Å². The first kappa shape index (κ1) is 15.5. The van der Waals surface area contributed by atoms with E-state index in [1.54, 1.807) is 7.11 Å². The zero-order valence-corrected chi connectivity index (χ0v) is 14.4. The first-order valence-electron chi connectivity index (χ1n) is 6.41. The lowest BCUT2D eigenvalue weighted by molar-refractivity contribution is 0.407. The molecule has 0 saturated carbocycles. The molecule has 2 N–H and O–H groups in total. The van der Waals surface area contributed by atoms with Gasteiger partial charge in [-0.2, -0.15) is 0 Å². The van der Waals surface area contributed by atoms with Crippen LogP contribution in [0.4, 0.5) is 0 Å².